The van der Waals surface area contributed by atoms with Gasteiger partial charge in [0.25, 0.3) is 0 Å². The summed E-state index contributed by atoms with van der Waals surface area (Å²) in [6.07, 6.45) is 40.7. The highest BCUT2D eigenvalue weighted by molar-refractivity contribution is 5.10. The molecule has 43 heavy (non-hydrogen) atoms. The van der Waals surface area contributed by atoms with Crippen LogP contribution in [0.3, 0.4) is 0 Å². The lowest BCUT2D eigenvalue weighted by molar-refractivity contribution is 0.117. The van der Waals surface area contributed by atoms with E-state index in [1.165, 1.54) is 103 Å². The van der Waals surface area contributed by atoms with E-state index in [1.54, 1.807) is 62.5 Å². The highest BCUT2D eigenvalue weighted by Crippen LogP contribution is 2.47. The summed E-state index contributed by atoms with van der Waals surface area (Å²) in [6, 6.07) is 0. The normalized spacial score (nSPS) is 41.3. The monoisotopic (exact) mass is 591 g/mol. The number of allylic oxidation sites excluding steroid dienone is 2. The molecule has 0 amide bonds. The van der Waals surface area contributed by atoms with Gasteiger partial charge in [-0.2, -0.15) is 0 Å². The zero-order valence-electron chi connectivity index (χ0n) is 28.7. The Balaban J connectivity index is 0.834. The van der Waals surface area contributed by atoms with Crippen molar-refractivity contribution in [2.24, 2.45) is 59.2 Å². The summed E-state index contributed by atoms with van der Waals surface area (Å²) < 4.78 is 6.33. The van der Waals surface area contributed by atoms with E-state index in [0.717, 1.165) is 72.4 Å². The van der Waals surface area contributed by atoms with E-state index in [1.807, 2.05) is 0 Å². The van der Waals surface area contributed by atoms with Gasteiger partial charge in [0.2, 0.25) is 0 Å². The summed E-state index contributed by atoms with van der Waals surface area (Å²) in [5, 5.41) is 0. The van der Waals surface area contributed by atoms with Crippen LogP contribution in [0.2, 0.25) is 0 Å². The minimum atomic E-state index is 0.894. The van der Waals surface area contributed by atoms with E-state index in [0.29, 0.717) is 0 Å². The van der Waals surface area contributed by atoms with Crippen molar-refractivity contribution in [1.29, 1.82) is 0 Å². The van der Waals surface area contributed by atoms with Crippen LogP contribution in [0.4, 0.5) is 0 Å². The summed E-state index contributed by atoms with van der Waals surface area (Å²) >= 11 is 0. The highest BCUT2D eigenvalue weighted by atomic mass is 16.5. The molecule has 0 saturated heterocycles. The molecule has 0 spiro atoms. The van der Waals surface area contributed by atoms with Gasteiger partial charge in [-0.25, -0.2) is 0 Å². The maximum Gasteiger partial charge on any atom is 0.0681 e. The van der Waals surface area contributed by atoms with Crippen LogP contribution in [0.5, 0.6) is 0 Å². The molecule has 1 heteroatoms. The van der Waals surface area contributed by atoms with E-state index in [9.17, 15) is 0 Å². The van der Waals surface area contributed by atoms with Crippen LogP contribution in [0.1, 0.15) is 168 Å². The van der Waals surface area contributed by atoms with E-state index >= 15 is 0 Å². The van der Waals surface area contributed by atoms with Gasteiger partial charge in [-0.05, 0) is 186 Å². The van der Waals surface area contributed by atoms with Crippen molar-refractivity contribution in [1.82, 2.24) is 0 Å². The van der Waals surface area contributed by atoms with Crippen LogP contribution in [0, 0.1) is 59.2 Å². The van der Waals surface area contributed by atoms with Crippen molar-refractivity contribution in [3.8, 4) is 0 Å². The molecule has 0 aromatic carbocycles. The first-order valence-corrected chi connectivity index (χ1v) is 20.1. The third-order valence-electron chi connectivity index (χ3n) is 14.9. The van der Waals surface area contributed by atoms with Crippen LogP contribution in [0.25, 0.3) is 0 Å². The first-order chi connectivity index (χ1) is 21.2. The van der Waals surface area contributed by atoms with E-state index in [4.69, 9.17) is 4.74 Å². The van der Waals surface area contributed by atoms with Crippen LogP contribution < -0.4 is 0 Å². The first-order valence-electron chi connectivity index (χ1n) is 20.1. The van der Waals surface area contributed by atoms with E-state index < -0.39 is 0 Å². The molecule has 6 aliphatic carbocycles. The van der Waals surface area contributed by atoms with Gasteiger partial charge in [0.05, 0.1) is 13.2 Å². The molecule has 0 N–H and O–H groups in total. The highest BCUT2D eigenvalue weighted by Gasteiger charge is 2.35. The predicted octanol–water partition coefficient (Wildman–Crippen LogP) is 12.5. The average Bonchev–Trinajstić information content (AvgIpc) is 3.09. The molecule has 0 heterocycles. The van der Waals surface area contributed by atoms with Crippen molar-refractivity contribution in [2.45, 2.75) is 168 Å². The Hall–Kier alpha value is -0.560. The zero-order chi connectivity index (χ0) is 29.4. The lowest BCUT2D eigenvalue weighted by Gasteiger charge is -2.40. The minimum Gasteiger partial charge on any atom is -0.373 e. The largest absolute Gasteiger partial charge is 0.373 e. The second-order valence-corrected chi connectivity index (χ2v) is 17.0. The number of hydrogen-bond donors (Lipinski definition) is 0. The lowest BCUT2D eigenvalue weighted by atomic mass is 9.66. The fourth-order valence-corrected chi connectivity index (χ4v) is 11.6. The number of rotatable bonds is 10. The van der Waals surface area contributed by atoms with E-state index in [2.05, 4.69) is 26.0 Å². The smallest absolute Gasteiger partial charge is 0.0681 e. The molecule has 244 valence electrons. The van der Waals surface area contributed by atoms with Crippen molar-refractivity contribution < 1.29 is 4.74 Å². The molecule has 0 aliphatic heterocycles. The van der Waals surface area contributed by atoms with Crippen molar-refractivity contribution in [3.05, 3.63) is 23.3 Å². The molecule has 2 unspecified atom stereocenters. The molecule has 6 aliphatic rings. The Kier molecular flexibility index (Phi) is 12.3. The molecule has 4 saturated carbocycles. The second kappa shape index (κ2) is 16.3. The van der Waals surface area contributed by atoms with Crippen molar-refractivity contribution in [2.75, 3.05) is 13.2 Å². The molecule has 6 rings (SSSR count). The first kappa shape index (κ1) is 32.4. The maximum absolute atomic E-state index is 6.33. The van der Waals surface area contributed by atoms with Gasteiger partial charge < -0.3 is 4.74 Å². The summed E-state index contributed by atoms with van der Waals surface area (Å²) in [7, 11) is 0. The molecule has 0 radical (unpaired) electrons. The van der Waals surface area contributed by atoms with Crippen LogP contribution >= 0.6 is 0 Å². The maximum atomic E-state index is 6.33. The molecular formula is C42H70O. The topological polar surface area (TPSA) is 9.23 Å². The summed E-state index contributed by atoms with van der Waals surface area (Å²) in [6.45, 7) is 6.59. The van der Waals surface area contributed by atoms with Gasteiger partial charge in [-0.15, -0.1) is 0 Å². The van der Waals surface area contributed by atoms with Crippen LogP contribution in [-0.2, 0) is 4.74 Å². The SMILES string of the molecule is CCC1CCC(C2CCC(C3CC=C(COCC4=CCC(C5CCC(C6CCC(CC)CC6)CC5)CC4)CC3)CC2)CC1. The molecule has 0 bridgehead atoms. The Morgan fingerprint density at radius 2 is 0.721 bits per heavy atom. The average molecular weight is 591 g/mol. The minimum absolute atomic E-state index is 0.894. The standard InChI is InChI=1S/C42H70O/c1-3-31-5-13-35(14-6-31)39-21-25-41(26-22-39)37-17-9-33(10-18-37)29-43-30-34-11-19-38(20-12-34)42-27-23-40(24-28-42)36-15-7-32(4-2)8-16-36/h9,11,31-32,35-42H,3-8,10,12-30H2,1-2H3. The van der Waals surface area contributed by atoms with Gasteiger partial charge in [-0.3, -0.25) is 0 Å². The number of ether oxygens (including phenoxy) is 1. The van der Waals surface area contributed by atoms with Crippen LogP contribution in [-0.4, -0.2) is 13.2 Å². The molecule has 4 fully saturated rings. The fraction of sp³-hybridized carbons (Fsp3) is 0.905. The van der Waals surface area contributed by atoms with Crippen LogP contribution in [0.15, 0.2) is 23.3 Å². The Labute approximate surface area is 267 Å². The predicted molar refractivity (Wildman–Crippen MR) is 184 cm³/mol. The van der Waals surface area contributed by atoms with Gasteiger partial charge in [0, 0.05) is 0 Å². The molecule has 0 aromatic heterocycles. The van der Waals surface area contributed by atoms with Gasteiger partial charge >= 0.3 is 0 Å². The fourth-order valence-electron chi connectivity index (χ4n) is 11.6. The molecule has 1 nitrogen and oxygen atoms in total. The van der Waals surface area contributed by atoms with Gasteiger partial charge in [0.15, 0.2) is 0 Å². The second-order valence-electron chi connectivity index (χ2n) is 17.0. The molecular weight excluding hydrogens is 520 g/mol. The molecule has 2 atom stereocenters. The Bertz CT molecular complexity index is 795. The third-order valence-corrected chi connectivity index (χ3v) is 14.9. The molecule has 0 aromatic rings. The zero-order valence-corrected chi connectivity index (χ0v) is 28.7. The Morgan fingerprint density at radius 1 is 0.419 bits per heavy atom. The van der Waals surface area contributed by atoms with Crippen molar-refractivity contribution in [3.63, 3.8) is 0 Å². The summed E-state index contributed by atoms with van der Waals surface area (Å²) in [4.78, 5) is 0. The van der Waals surface area contributed by atoms with Crippen molar-refractivity contribution >= 4 is 0 Å². The lowest BCUT2D eigenvalue weighted by Crippen LogP contribution is -2.29. The number of hydrogen-bond acceptors (Lipinski definition) is 1. The summed E-state index contributed by atoms with van der Waals surface area (Å²) in [5.74, 6) is 10.3. The van der Waals surface area contributed by atoms with E-state index in [-0.39, 0.29) is 0 Å². The Morgan fingerprint density at radius 3 is 1.00 bits per heavy atom. The third kappa shape index (κ3) is 8.83. The summed E-state index contributed by atoms with van der Waals surface area (Å²) in [5.41, 5.74) is 3.21. The quantitative estimate of drug-likeness (QED) is 0.230. The van der Waals surface area contributed by atoms with Gasteiger partial charge in [-0.1, -0.05) is 64.5 Å². The van der Waals surface area contributed by atoms with Gasteiger partial charge in [0.1, 0.15) is 0 Å².